The number of hydrogen-bond acceptors (Lipinski definition) is 4. The number of anilines is 2. The Hall–Kier alpha value is -2.60. The van der Waals surface area contributed by atoms with Gasteiger partial charge in [-0.1, -0.05) is 17.7 Å². The van der Waals surface area contributed by atoms with Gasteiger partial charge in [-0.25, -0.2) is 4.98 Å². The van der Waals surface area contributed by atoms with Crippen LogP contribution in [0.2, 0.25) is 5.02 Å². The SMILES string of the molecule is NC(=O)CC1CCCN(c2ccc(C(=O)Nc3cccc(Cl)c3)cn2)C1. The molecule has 0 saturated carbocycles. The molecule has 0 bridgehead atoms. The molecular weight excluding hydrogens is 352 g/mol. The lowest BCUT2D eigenvalue weighted by molar-refractivity contribution is -0.118. The number of halogens is 1. The molecule has 6 nitrogen and oxygen atoms in total. The second kappa shape index (κ2) is 8.19. The smallest absolute Gasteiger partial charge is 0.257 e. The molecule has 3 rings (SSSR count). The van der Waals surface area contributed by atoms with Crippen molar-refractivity contribution >= 4 is 34.9 Å². The summed E-state index contributed by atoms with van der Waals surface area (Å²) in [6.07, 6.45) is 3.96. The van der Waals surface area contributed by atoms with Crippen molar-refractivity contribution < 1.29 is 9.59 Å². The van der Waals surface area contributed by atoms with E-state index in [4.69, 9.17) is 17.3 Å². The first-order valence-corrected chi connectivity index (χ1v) is 8.95. The molecule has 7 heteroatoms. The molecule has 3 N–H and O–H groups in total. The van der Waals surface area contributed by atoms with E-state index in [1.807, 2.05) is 6.07 Å². The largest absolute Gasteiger partial charge is 0.370 e. The summed E-state index contributed by atoms with van der Waals surface area (Å²) < 4.78 is 0. The van der Waals surface area contributed by atoms with Crippen LogP contribution < -0.4 is 16.0 Å². The monoisotopic (exact) mass is 372 g/mol. The molecule has 1 aliphatic heterocycles. The molecule has 1 aromatic heterocycles. The highest BCUT2D eigenvalue weighted by molar-refractivity contribution is 6.30. The quantitative estimate of drug-likeness (QED) is 0.844. The van der Waals surface area contributed by atoms with Crippen molar-refractivity contribution in [3.05, 3.63) is 53.2 Å². The number of aromatic nitrogens is 1. The summed E-state index contributed by atoms with van der Waals surface area (Å²) in [4.78, 5) is 30.0. The van der Waals surface area contributed by atoms with E-state index < -0.39 is 0 Å². The zero-order valence-corrected chi connectivity index (χ0v) is 15.1. The highest BCUT2D eigenvalue weighted by Gasteiger charge is 2.22. The summed E-state index contributed by atoms with van der Waals surface area (Å²) in [5, 5.41) is 3.36. The third-order valence-electron chi connectivity index (χ3n) is 4.43. The fraction of sp³-hybridized carbons (Fsp3) is 0.316. The lowest BCUT2D eigenvalue weighted by atomic mass is 9.94. The van der Waals surface area contributed by atoms with Gasteiger partial charge in [-0.3, -0.25) is 9.59 Å². The number of piperidine rings is 1. The van der Waals surface area contributed by atoms with E-state index in [9.17, 15) is 9.59 Å². The maximum Gasteiger partial charge on any atom is 0.257 e. The Balaban J connectivity index is 1.64. The van der Waals surface area contributed by atoms with Crippen molar-refractivity contribution in [2.24, 2.45) is 11.7 Å². The minimum Gasteiger partial charge on any atom is -0.370 e. The standard InChI is InChI=1S/C19H21ClN4O2/c20-15-4-1-5-16(10-15)23-19(26)14-6-7-18(22-11-14)24-8-2-3-13(12-24)9-17(21)25/h1,4-7,10-11,13H,2-3,8-9,12H2,(H2,21,25)(H,23,26). The minimum atomic E-state index is -0.266. The van der Waals surface area contributed by atoms with Crippen molar-refractivity contribution in [3.63, 3.8) is 0 Å². The van der Waals surface area contributed by atoms with E-state index in [2.05, 4.69) is 15.2 Å². The Morgan fingerprint density at radius 1 is 1.31 bits per heavy atom. The van der Waals surface area contributed by atoms with E-state index in [0.29, 0.717) is 22.7 Å². The molecule has 2 heterocycles. The minimum absolute atomic E-state index is 0.239. The molecule has 2 amide bonds. The number of benzene rings is 1. The average molecular weight is 373 g/mol. The molecule has 26 heavy (non-hydrogen) atoms. The fourth-order valence-corrected chi connectivity index (χ4v) is 3.39. The van der Waals surface area contributed by atoms with E-state index in [0.717, 1.165) is 31.7 Å². The molecule has 1 aliphatic rings. The predicted octanol–water partition coefficient (Wildman–Crippen LogP) is 3.08. The lowest BCUT2D eigenvalue weighted by Gasteiger charge is -2.33. The maximum atomic E-state index is 12.3. The molecule has 0 radical (unpaired) electrons. The van der Waals surface area contributed by atoms with Crippen molar-refractivity contribution in [2.75, 3.05) is 23.3 Å². The number of nitrogens with one attached hydrogen (secondary N) is 1. The van der Waals surface area contributed by atoms with Gasteiger partial charge >= 0.3 is 0 Å². The Morgan fingerprint density at radius 3 is 2.85 bits per heavy atom. The van der Waals surface area contributed by atoms with Crippen LogP contribution in [0.4, 0.5) is 11.5 Å². The molecule has 1 fully saturated rings. The summed E-state index contributed by atoms with van der Waals surface area (Å²) in [7, 11) is 0. The normalized spacial score (nSPS) is 17.0. The molecule has 1 saturated heterocycles. The van der Waals surface area contributed by atoms with Gasteiger partial charge in [0.15, 0.2) is 0 Å². The summed E-state index contributed by atoms with van der Waals surface area (Å²) in [5.74, 6) is 0.557. The van der Waals surface area contributed by atoms with Gasteiger partial charge in [0.25, 0.3) is 5.91 Å². The Bertz CT molecular complexity index is 794. The molecule has 0 aliphatic carbocycles. The number of carbonyl (C=O) groups is 2. The third kappa shape index (κ3) is 4.73. The van der Waals surface area contributed by atoms with Gasteiger partial charge in [0.05, 0.1) is 5.56 Å². The molecule has 1 unspecified atom stereocenters. The summed E-state index contributed by atoms with van der Waals surface area (Å²) in [6, 6.07) is 10.6. The van der Waals surface area contributed by atoms with Crippen LogP contribution in [0.5, 0.6) is 0 Å². The lowest BCUT2D eigenvalue weighted by Crippen LogP contribution is -2.37. The molecule has 2 aromatic rings. The first-order valence-electron chi connectivity index (χ1n) is 8.57. The summed E-state index contributed by atoms with van der Waals surface area (Å²) >= 11 is 5.93. The highest BCUT2D eigenvalue weighted by Crippen LogP contribution is 2.24. The van der Waals surface area contributed by atoms with Crippen molar-refractivity contribution in [2.45, 2.75) is 19.3 Å². The number of pyridine rings is 1. The van der Waals surface area contributed by atoms with Crippen LogP contribution in [0.1, 0.15) is 29.6 Å². The number of rotatable bonds is 5. The van der Waals surface area contributed by atoms with Crippen molar-refractivity contribution in [1.29, 1.82) is 0 Å². The molecule has 1 atom stereocenters. The second-order valence-electron chi connectivity index (χ2n) is 6.49. The van der Waals surface area contributed by atoms with Crippen LogP contribution in [0, 0.1) is 5.92 Å². The fourth-order valence-electron chi connectivity index (χ4n) is 3.20. The topological polar surface area (TPSA) is 88.3 Å². The van der Waals surface area contributed by atoms with E-state index in [1.54, 1.807) is 36.5 Å². The number of carbonyl (C=O) groups excluding carboxylic acids is 2. The van der Waals surface area contributed by atoms with Gasteiger partial charge in [0.2, 0.25) is 5.91 Å². The first kappa shape index (κ1) is 18.2. The number of hydrogen-bond donors (Lipinski definition) is 2. The van der Waals surface area contributed by atoms with E-state index >= 15 is 0 Å². The third-order valence-corrected chi connectivity index (χ3v) is 4.66. The number of nitrogens with zero attached hydrogens (tertiary/aromatic N) is 2. The van der Waals surface area contributed by atoms with Gasteiger partial charge in [-0.2, -0.15) is 0 Å². The summed E-state index contributed by atoms with van der Waals surface area (Å²) in [5.41, 5.74) is 6.42. The Kier molecular flexibility index (Phi) is 5.73. The number of amides is 2. The van der Waals surface area contributed by atoms with Gasteiger partial charge in [-0.05, 0) is 49.1 Å². The second-order valence-corrected chi connectivity index (χ2v) is 6.93. The average Bonchev–Trinajstić information content (AvgIpc) is 2.61. The first-order chi connectivity index (χ1) is 12.5. The predicted molar refractivity (Wildman–Crippen MR) is 102 cm³/mol. The molecule has 0 spiro atoms. The van der Waals surface area contributed by atoms with Crippen molar-refractivity contribution in [3.8, 4) is 0 Å². The van der Waals surface area contributed by atoms with Crippen LogP contribution >= 0.6 is 11.6 Å². The van der Waals surface area contributed by atoms with Gasteiger partial charge in [-0.15, -0.1) is 0 Å². The van der Waals surface area contributed by atoms with Gasteiger partial charge in [0, 0.05) is 36.4 Å². The summed E-state index contributed by atoms with van der Waals surface area (Å²) in [6.45, 7) is 1.64. The van der Waals surface area contributed by atoms with E-state index in [1.165, 1.54) is 0 Å². The van der Waals surface area contributed by atoms with Crippen LogP contribution in [-0.2, 0) is 4.79 Å². The highest BCUT2D eigenvalue weighted by atomic mass is 35.5. The Labute approximate surface area is 157 Å². The van der Waals surface area contributed by atoms with Crippen molar-refractivity contribution in [1.82, 2.24) is 4.98 Å². The molecule has 136 valence electrons. The van der Waals surface area contributed by atoms with Gasteiger partial charge in [0.1, 0.15) is 5.82 Å². The number of nitrogens with two attached hydrogens (primary N) is 1. The zero-order chi connectivity index (χ0) is 18.5. The van der Waals surface area contributed by atoms with Gasteiger partial charge < -0.3 is 16.0 Å². The number of primary amides is 1. The van der Waals surface area contributed by atoms with Crippen LogP contribution in [0.15, 0.2) is 42.6 Å². The van der Waals surface area contributed by atoms with E-state index in [-0.39, 0.29) is 17.7 Å². The zero-order valence-electron chi connectivity index (χ0n) is 14.3. The van der Waals surface area contributed by atoms with Crippen LogP contribution in [0.3, 0.4) is 0 Å². The van der Waals surface area contributed by atoms with Crippen LogP contribution in [-0.4, -0.2) is 29.9 Å². The van der Waals surface area contributed by atoms with Crippen LogP contribution in [0.25, 0.3) is 0 Å². The molecule has 1 aromatic carbocycles. The maximum absolute atomic E-state index is 12.3. The molecular formula is C19H21ClN4O2. The Morgan fingerprint density at radius 2 is 2.15 bits per heavy atom.